The fraction of sp³-hybridized carbons (Fsp3) is 0.227. The molecular formula is C22H20ClN5O3S2. The van der Waals surface area contributed by atoms with E-state index in [0.29, 0.717) is 38.9 Å². The van der Waals surface area contributed by atoms with Crippen LogP contribution in [0.2, 0.25) is 5.02 Å². The highest BCUT2D eigenvalue weighted by molar-refractivity contribution is 8.01. The van der Waals surface area contributed by atoms with Gasteiger partial charge in [-0.3, -0.25) is 14.4 Å². The van der Waals surface area contributed by atoms with Crippen molar-refractivity contribution in [3.05, 3.63) is 59.6 Å². The molecule has 2 N–H and O–H groups in total. The molecule has 0 aliphatic carbocycles. The number of amides is 3. The summed E-state index contributed by atoms with van der Waals surface area (Å²) < 4.78 is 0.656. The lowest BCUT2D eigenvalue weighted by Gasteiger charge is -2.16. The summed E-state index contributed by atoms with van der Waals surface area (Å²) in [4.78, 5) is 38.6. The molecule has 2 aromatic carbocycles. The zero-order valence-corrected chi connectivity index (χ0v) is 19.8. The van der Waals surface area contributed by atoms with Gasteiger partial charge in [0.2, 0.25) is 22.9 Å². The van der Waals surface area contributed by atoms with Crippen molar-refractivity contribution in [1.29, 1.82) is 0 Å². The van der Waals surface area contributed by atoms with Crippen molar-refractivity contribution in [2.75, 3.05) is 27.8 Å². The van der Waals surface area contributed by atoms with E-state index >= 15 is 0 Å². The molecule has 8 nitrogen and oxygen atoms in total. The van der Waals surface area contributed by atoms with E-state index in [1.54, 1.807) is 29.2 Å². The number of aromatic nitrogens is 2. The molecule has 2 heterocycles. The Hall–Kier alpha value is -2.95. The molecule has 0 spiro atoms. The van der Waals surface area contributed by atoms with Crippen molar-refractivity contribution >= 4 is 68.9 Å². The van der Waals surface area contributed by atoms with E-state index < -0.39 is 5.92 Å². The van der Waals surface area contributed by atoms with Gasteiger partial charge in [0.25, 0.3) is 0 Å². The number of thioether (sulfide) groups is 1. The van der Waals surface area contributed by atoms with Gasteiger partial charge in [-0.15, -0.1) is 10.2 Å². The van der Waals surface area contributed by atoms with E-state index in [-0.39, 0.29) is 24.1 Å². The summed E-state index contributed by atoms with van der Waals surface area (Å²) in [7, 11) is 0. The maximum absolute atomic E-state index is 12.6. The molecule has 0 saturated carbocycles. The third kappa shape index (κ3) is 6.31. The van der Waals surface area contributed by atoms with Crippen molar-refractivity contribution in [3.63, 3.8) is 0 Å². The fourth-order valence-corrected chi connectivity index (χ4v) is 5.15. The first-order valence-corrected chi connectivity index (χ1v) is 12.3. The van der Waals surface area contributed by atoms with Crippen LogP contribution in [-0.2, 0) is 14.4 Å². The normalized spacial score (nSPS) is 15.5. The third-order valence-corrected chi connectivity index (χ3v) is 7.11. The number of halogens is 1. The summed E-state index contributed by atoms with van der Waals surface area (Å²) in [6.45, 7) is 0.295. The Morgan fingerprint density at radius 1 is 1.09 bits per heavy atom. The van der Waals surface area contributed by atoms with Gasteiger partial charge >= 0.3 is 0 Å². The van der Waals surface area contributed by atoms with Crippen LogP contribution in [0.5, 0.6) is 0 Å². The number of hydrogen-bond acceptors (Lipinski definition) is 7. The van der Waals surface area contributed by atoms with Crippen molar-refractivity contribution in [2.24, 2.45) is 5.92 Å². The molecule has 3 amide bonds. The Bertz CT molecular complexity index is 1140. The maximum Gasteiger partial charge on any atom is 0.231 e. The van der Waals surface area contributed by atoms with Crippen LogP contribution in [0.3, 0.4) is 0 Å². The summed E-state index contributed by atoms with van der Waals surface area (Å²) in [6, 6.07) is 16.2. The van der Waals surface area contributed by atoms with Crippen LogP contribution < -0.4 is 15.5 Å². The maximum atomic E-state index is 12.6. The fourth-order valence-electron chi connectivity index (χ4n) is 3.26. The topological polar surface area (TPSA) is 104 Å². The summed E-state index contributed by atoms with van der Waals surface area (Å²) in [5.41, 5.74) is 1.47. The second-order valence-corrected chi connectivity index (χ2v) is 10.0. The predicted molar refractivity (Wildman–Crippen MR) is 131 cm³/mol. The minimum Gasteiger partial charge on any atom is -0.326 e. The molecule has 1 aromatic heterocycles. The Kier molecular flexibility index (Phi) is 7.58. The van der Waals surface area contributed by atoms with E-state index in [1.807, 2.05) is 30.3 Å². The van der Waals surface area contributed by atoms with Gasteiger partial charge in [0, 0.05) is 41.5 Å². The Labute approximate surface area is 203 Å². The average Bonchev–Trinajstić information content (AvgIpc) is 3.41. The number of para-hydroxylation sites is 1. The van der Waals surface area contributed by atoms with Crippen LogP contribution in [-0.4, -0.2) is 40.2 Å². The molecule has 1 fully saturated rings. The number of hydrogen-bond donors (Lipinski definition) is 2. The second kappa shape index (κ2) is 10.8. The van der Waals surface area contributed by atoms with Gasteiger partial charge in [-0.2, -0.15) is 0 Å². The van der Waals surface area contributed by atoms with E-state index in [9.17, 15) is 14.4 Å². The number of nitrogens with one attached hydrogen (secondary N) is 2. The third-order valence-electron chi connectivity index (χ3n) is 4.88. The molecule has 1 unspecified atom stereocenters. The van der Waals surface area contributed by atoms with Crippen LogP contribution in [0.4, 0.5) is 16.5 Å². The molecule has 1 atom stereocenters. The largest absolute Gasteiger partial charge is 0.326 e. The number of carbonyl (C=O) groups excluding carboxylic acids is 3. The number of nitrogens with zero attached hydrogens (tertiary/aromatic N) is 3. The zero-order valence-electron chi connectivity index (χ0n) is 17.4. The van der Waals surface area contributed by atoms with Gasteiger partial charge in [-0.25, -0.2) is 0 Å². The van der Waals surface area contributed by atoms with Gasteiger partial charge in [0.05, 0.1) is 5.92 Å². The molecule has 0 bridgehead atoms. The monoisotopic (exact) mass is 501 g/mol. The van der Waals surface area contributed by atoms with Gasteiger partial charge in [0.1, 0.15) is 0 Å². The number of rotatable bonds is 8. The van der Waals surface area contributed by atoms with E-state index in [0.717, 1.165) is 5.69 Å². The van der Waals surface area contributed by atoms with Crippen molar-refractivity contribution in [1.82, 2.24) is 10.2 Å². The molecular weight excluding hydrogens is 482 g/mol. The summed E-state index contributed by atoms with van der Waals surface area (Å²) >= 11 is 8.54. The number of anilines is 3. The first-order chi connectivity index (χ1) is 16.0. The molecule has 170 valence electrons. The second-order valence-electron chi connectivity index (χ2n) is 7.26. The molecule has 1 aliphatic rings. The quantitative estimate of drug-likeness (QED) is 0.352. The highest BCUT2D eigenvalue weighted by Gasteiger charge is 2.35. The zero-order chi connectivity index (χ0) is 23.2. The summed E-state index contributed by atoms with van der Waals surface area (Å²) in [6.07, 6.45) is 0.455. The SMILES string of the molecule is O=C(CCSc1nnc(NC(=O)C2CC(=O)N(c3ccc(Cl)cc3)C2)s1)Nc1ccccc1. The van der Waals surface area contributed by atoms with Crippen molar-refractivity contribution < 1.29 is 14.4 Å². The lowest BCUT2D eigenvalue weighted by molar-refractivity contribution is -0.122. The first kappa shape index (κ1) is 23.2. The molecule has 0 radical (unpaired) electrons. The summed E-state index contributed by atoms with van der Waals surface area (Å²) in [5.74, 6) is -0.402. The van der Waals surface area contributed by atoms with E-state index in [4.69, 9.17) is 11.6 Å². The predicted octanol–water partition coefficient (Wildman–Crippen LogP) is 4.30. The standard InChI is InChI=1S/C22H20ClN5O3S2/c23-15-6-8-17(9-7-15)28-13-14(12-19(28)30)20(31)25-21-26-27-22(33-21)32-11-10-18(29)24-16-4-2-1-3-5-16/h1-9,14H,10-13H2,(H,24,29)(H,25,26,31). The van der Waals surface area contributed by atoms with Gasteiger partial charge in [-0.05, 0) is 36.4 Å². The number of carbonyl (C=O) groups is 3. The van der Waals surface area contributed by atoms with E-state index in [1.165, 1.54) is 23.1 Å². The Morgan fingerprint density at radius 2 is 1.85 bits per heavy atom. The van der Waals surface area contributed by atoms with Crippen molar-refractivity contribution in [3.8, 4) is 0 Å². The van der Waals surface area contributed by atoms with Crippen LogP contribution in [0.15, 0.2) is 58.9 Å². The molecule has 1 saturated heterocycles. The van der Waals surface area contributed by atoms with Crippen LogP contribution in [0.25, 0.3) is 0 Å². The van der Waals surface area contributed by atoms with Gasteiger partial charge in [0.15, 0.2) is 4.34 Å². The minimum atomic E-state index is -0.477. The highest BCUT2D eigenvalue weighted by Crippen LogP contribution is 2.29. The Balaban J connectivity index is 1.23. The smallest absolute Gasteiger partial charge is 0.231 e. The van der Waals surface area contributed by atoms with Crippen LogP contribution in [0, 0.1) is 5.92 Å². The molecule has 1 aliphatic heterocycles. The first-order valence-electron chi connectivity index (χ1n) is 10.2. The lowest BCUT2D eigenvalue weighted by atomic mass is 10.1. The molecule has 11 heteroatoms. The lowest BCUT2D eigenvalue weighted by Crippen LogP contribution is -2.28. The van der Waals surface area contributed by atoms with Gasteiger partial charge in [-0.1, -0.05) is 52.9 Å². The Morgan fingerprint density at radius 3 is 2.61 bits per heavy atom. The minimum absolute atomic E-state index is 0.0807. The molecule has 4 rings (SSSR count). The van der Waals surface area contributed by atoms with Crippen LogP contribution >= 0.6 is 34.7 Å². The van der Waals surface area contributed by atoms with E-state index in [2.05, 4.69) is 20.8 Å². The highest BCUT2D eigenvalue weighted by atomic mass is 35.5. The van der Waals surface area contributed by atoms with Gasteiger partial charge < -0.3 is 15.5 Å². The summed E-state index contributed by atoms with van der Waals surface area (Å²) in [5, 5.41) is 14.6. The van der Waals surface area contributed by atoms with Crippen molar-refractivity contribution in [2.45, 2.75) is 17.2 Å². The number of benzene rings is 2. The molecule has 3 aromatic rings. The average molecular weight is 502 g/mol. The van der Waals surface area contributed by atoms with Crippen LogP contribution in [0.1, 0.15) is 12.8 Å². The molecule has 33 heavy (non-hydrogen) atoms.